The Morgan fingerprint density at radius 2 is 2.15 bits per heavy atom. The van der Waals surface area contributed by atoms with Crippen molar-refractivity contribution in [2.75, 3.05) is 6.26 Å². The minimum atomic E-state index is 0.817. The molecule has 0 aliphatic carbocycles. The van der Waals surface area contributed by atoms with Crippen LogP contribution in [0.2, 0.25) is 0 Å². The first-order valence-corrected chi connectivity index (χ1v) is 5.07. The van der Waals surface area contributed by atoms with Crippen molar-refractivity contribution in [1.82, 2.24) is 15.1 Å². The Hall–Kier alpha value is -1.10. The van der Waals surface area contributed by atoms with Gasteiger partial charge in [0, 0.05) is 0 Å². The molecule has 0 spiro atoms. The first-order chi connectivity index (χ1) is 6.24. The van der Waals surface area contributed by atoms with Gasteiger partial charge in [-0.25, -0.2) is 4.98 Å². The van der Waals surface area contributed by atoms with Crippen molar-refractivity contribution in [2.24, 2.45) is 7.11 Å². The molecule has 13 heavy (non-hydrogen) atoms. The number of aryl methyl sites for hydroxylation is 2. The number of hydrogen-bond acceptors (Lipinski definition) is 4. The predicted molar refractivity (Wildman–Crippen MR) is 51.7 cm³/mol. The number of nitrogens with zero attached hydrogens (tertiary/aromatic N) is 3. The Kier molecular flexibility index (Phi) is 1.95. The molecule has 0 atom stereocenters. The van der Waals surface area contributed by atoms with Crippen LogP contribution in [-0.4, -0.2) is 21.4 Å². The van der Waals surface area contributed by atoms with Gasteiger partial charge in [-0.2, -0.15) is 4.98 Å². The van der Waals surface area contributed by atoms with E-state index in [2.05, 4.69) is 19.3 Å². The summed E-state index contributed by atoms with van der Waals surface area (Å²) in [6.45, 7) is 1.96. The van der Waals surface area contributed by atoms with Crippen LogP contribution >= 0.6 is 11.8 Å². The van der Waals surface area contributed by atoms with Crippen LogP contribution in [0.25, 0.3) is 11.1 Å². The van der Waals surface area contributed by atoms with E-state index < -0.39 is 0 Å². The fourth-order valence-electron chi connectivity index (χ4n) is 1.34. The molecule has 2 aromatic rings. The number of rotatable bonds is 1. The quantitative estimate of drug-likeness (QED) is 0.396. The molecule has 2 aromatic heterocycles. The molecule has 0 aromatic carbocycles. The van der Waals surface area contributed by atoms with E-state index in [1.165, 1.54) is 0 Å². The Labute approximate surface area is 80.1 Å². The number of hydrogen-bond donors (Lipinski definition) is 0. The van der Waals surface area contributed by atoms with Crippen LogP contribution in [0.15, 0.2) is 15.5 Å². The first kappa shape index (κ1) is 8.50. The van der Waals surface area contributed by atoms with Crippen molar-refractivity contribution >= 4 is 22.9 Å². The van der Waals surface area contributed by atoms with Crippen molar-refractivity contribution in [2.45, 2.75) is 11.9 Å². The van der Waals surface area contributed by atoms with Gasteiger partial charge in [0.2, 0.25) is 7.11 Å². The van der Waals surface area contributed by atoms with Crippen LogP contribution in [0.5, 0.6) is 0 Å². The van der Waals surface area contributed by atoms with Crippen LogP contribution in [0.3, 0.4) is 0 Å². The molecule has 0 unspecified atom stereocenters. The van der Waals surface area contributed by atoms with Gasteiger partial charge in [0.05, 0.1) is 5.16 Å². The standard InChI is InChI=1S/C8H10N3OS/c1-5-6-7(12(2)11-5)9-4-10-8(6)13-3/h4H,1-3H3/q+1. The lowest BCUT2D eigenvalue weighted by atomic mass is 10.3. The molecule has 68 valence electrons. The third-order valence-corrected chi connectivity index (χ3v) is 2.58. The van der Waals surface area contributed by atoms with Crippen molar-refractivity contribution in [3.63, 3.8) is 0 Å². The monoisotopic (exact) mass is 196 g/mol. The maximum Gasteiger partial charge on any atom is 0.406 e. The molecule has 0 aliphatic heterocycles. The molecule has 2 rings (SSSR count). The summed E-state index contributed by atoms with van der Waals surface area (Å²) < 4.78 is 2.58. The topological polar surface area (TPSA) is 41.4 Å². The summed E-state index contributed by atoms with van der Waals surface area (Å²) in [6, 6.07) is 0. The molecule has 0 N–H and O–H groups in total. The largest absolute Gasteiger partial charge is 0.406 e. The number of aromatic nitrogens is 3. The van der Waals surface area contributed by atoms with E-state index in [-0.39, 0.29) is 0 Å². The zero-order valence-corrected chi connectivity index (χ0v) is 8.55. The lowest BCUT2D eigenvalue weighted by molar-refractivity contribution is 0.114. The van der Waals surface area contributed by atoms with E-state index in [9.17, 15) is 0 Å². The first-order valence-electron chi connectivity index (χ1n) is 3.84. The van der Waals surface area contributed by atoms with Crippen LogP contribution in [0.1, 0.15) is 5.69 Å². The van der Waals surface area contributed by atoms with E-state index in [0.717, 1.165) is 21.8 Å². The second-order valence-corrected chi connectivity index (χ2v) is 3.51. The van der Waals surface area contributed by atoms with E-state index in [4.69, 9.17) is 0 Å². The average Bonchev–Trinajstić information content (AvgIpc) is 2.43. The normalized spacial score (nSPS) is 11.0. The van der Waals surface area contributed by atoms with E-state index in [1.54, 1.807) is 18.1 Å². The summed E-state index contributed by atoms with van der Waals surface area (Å²) in [7, 11) is 1.81. The van der Waals surface area contributed by atoms with Crippen LogP contribution in [-0.2, 0) is 7.11 Å². The molecule has 4 nitrogen and oxygen atoms in total. The molecule has 0 saturated carbocycles. The SMILES string of the molecule is CSc1ncnc2c1c(C)n[o+]2C. The second-order valence-electron chi connectivity index (χ2n) is 2.72. The van der Waals surface area contributed by atoms with Gasteiger partial charge < -0.3 is 4.15 Å². The highest BCUT2D eigenvalue weighted by molar-refractivity contribution is 7.98. The summed E-state index contributed by atoms with van der Waals surface area (Å²) in [4.78, 5) is 8.33. The lowest BCUT2D eigenvalue weighted by Crippen LogP contribution is -1.84. The Morgan fingerprint density at radius 1 is 1.38 bits per heavy atom. The van der Waals surface area contributed by atoms with Gasteiger partial charge in [0.15, 0.2) is 5.39 Å². The Balaban J connectivity index is 2.88. The minimum Gasteiger partial charge on any atom is -0.401 e. The molecule has 0 aliphatic rings. The van der Waals surface area contributed by atoms with E-state index in [0.29, 0.717) is 0 Å². The molecule has 0 amide bonds. The average molecular weight is 196 g/mol. The number of thioether (sulfide) groups is 1. The summed E-state index contributed by atoms with van der Waals surface area (Å²) in [6.07, 6.45) is 3.56. The Morgan fingerprint density at radius 3 is 2.85 bits per heavy atom. The molecular formula is C8H10N3OS+. The van der Waals surface area contributed by atoms with Crippen LogP contribution in [0.4, 0.5) is 0 Å². The van der Waals surface area contributed by atoms with Crippen molar-refractivity contribution < 1.29 is 4.15 Å². The highest BCUT2D eigenvalue weighted by Gasteiger charge is 2.18. The highest BCUT2D eigenvalue weighted by atomic mass is 32.2. The van der Waals surface area contributed by atoms with Crippen molar-refractivity contribution in [3.05, 3.63) is 12.0 Å². The number of fused-ring (bicyclic) bond motifs is 1. The molecule has 5 heteroatoms. The van der Waals surface area contributed by atoms with Gasteiger partial charge in [-0.1, -0.05) is 0 Å². The van der Waals surface area contributed by atoms with Gasteiger partial charge >= 0.3 is 5.71 Å². The molecule has 0 fully saturated rings. The fraction of sp³-hybridized carbons (Fsp3) is 0.375. The summed E-state index contributed by atoms with van der Waals surface area (Å²) in [5, 5.41) is 6.22. The van der Waals surface area contributed by atoms with Crippen LogP contribution in [0, 0.1) is 6.92 Å². The fourth-order valence-corrected chi connectivity index (χ4v) is 1.93. The van der Waals surface area contributed by atoms with Crippen molar-refractivity contribution in [3.8, 4) is 0 Å². The molecular weight excluding hydrogens is 186 g/mol. The van der Waals surface area contributed by atoms with E-state index in [1.807, 2.05) is 20.3 Å². The molecule has 0 saturated heterocycles. The third-order valence-electron chi connectivity index (χ3n) is 1.89. The second kappa shape index (κ2) is 2.99. The van der Waals surface area contributed by atoms with Gasteiger partial charge in [-0.3, -0.25) is 0 Å². The Bertz CT molecular complexity index is 452. The summed E-state index contributed by atoms with van der Waals surface area (Å²) >= 11 is 1.61. The zero-order chi connectivity index (χ0) is 9.42. The van der Waals surface area contributed by atoms with Crippen molar-refractivity contribution in [1.29, 1.82) is 0 Å². The van der Waals surface area contributed by atoms with Gasteiger partial charge in [0.1, 0.15) is 17.0 Å². The molecule has 0 bridgehead atoms. The molecule has 2 heterocycles. The smallest absolute Gasteiger partial charge is 0.401 e. The predicted octanol–water partition coefficient (Wildman–Crippen LogP) is 1.87. The zero-order valence-electron chi connectivity index (χ0n) is 7.74. The third kappa shape index (κ3) is 1.19. The minimum absolute atomic E-state index is 0.817. The lowest BCUT2D eigenvalue weighted by Gasteiger charge is -1.92. The van der Waals surface area contributed by atoms with E-state index >= 15 is 0 Å². The maximum absolute atomic E-state index is 4.22. The van der Waals surface area contributed by atoms with Gasteiger partial charge in [-0.05, 0) is 13.2 Å². The summed E-state index contributed by atoms with van der Waals surface area (Å²) in [5.41, 5.74) is 1.77. The highest BCUT2D eigenvalue weighted by Crippen LogP contribution is 2.26. The van der Waals surface area contributed by atoms with Gasteiger partial charge in [0.25, 0.3) is 0 Å². The maximum atomic E-state index is 4.22. The van der Waals surface area contributed by atoms with Gasteiger partial charge in [-0.15, -0.1) is 11.8 Å². The molecule has 0 radical (unpaired) electrons. The summed E-state index contributed by atoms with van der Waals surface area (Å²) in [5.74, 6) is 0. The van der Waals surface area contributed by atoms with Crippen LogP contribution < -0.4 is 0 Å².